The molecule has 2 atom stereocenters. The quantitative estimate of drug-likeness (QED) is 0.531. The summed E-state index contributed by atoms with van der Waals surface area (Å²) in [5, 5.41) is 25.4. The van der Waals surface area contributed by atoms with Gasteiger partial charge in [-0.1, -0.05) is 25.1 Å². The number of nitrogens with zero attached hydrogens (tertiary/aromatic N) is 2. The predicted octanol–water partition coefficient (Wildman–Crippen LogP) is 1.21. The standard InChI is InChI=1S/C23H31N3O6S2/c1-23(20-21(27)22(20)28)10-12-26(13-11-23)18-7-5-4-6-16(18)17-14-15(34(31,32)25(2)3)8-9-19(17)33(24,29)30/h4-9,14,20-22,27-28H,10-13H2,1-3H3,(H2,24,29,30). The van der Waals surface area contributed by atoms with Crippen LogP contribution in [-0.2, 0) is 20.0 Å². The molecule has 1 aliphatic heterocycles. The molecule has 0 amide bonds. The van der Waals surface area contributed by atoms with Crippen molar-refractivity contribution < 1.29 is 27.0 Å². The molecule has 1 aliphatic carbocycles. The van der Waals surface area contributed by atoms with Crippen LogP contribution in [0.4, 0.5) is 5.69 Å². The smallest absolute Gasteiger partial charge is 0.242 e. The molecule has 0 bridgehead atoms. The fourth-order valence-electron chi connectivity index (χ4n) is 5.01. The van der Waals surface area contributed by atoms with Crippen LogP contribution >= 0.6 is 0 Å². The minimum absolute atomic E-state index is 0.0300. The van der Waals surface area contributed by atoms with E-state index in [-0.39, 0.29) is 26.7 Å². The number of piperidine rings is 1. The van der Waals surface area contributed by atoms with Crippen LogP contribution in [0.5, 0.6) is 0 Å². The molecule has 186 valence electrons. The lowest BCUT2D eigenvalue weighted by Crippen LogP contribution is -2.41. The van der Waals surface area contributed by atoms with Gasteiger partial charge in [0.15, 0.2) is 0 Å². The highest BCUT2D eigenvalue weighted by molar-refractivity contribution is 7.89. The fourth-order valence-corrected chi connectivity index (χ4v) is 6.67. The van der Waals surface area contributed by atoms with Gasteiger partial charge in [-0.25, -0.2) is 26.3 Å². The molecular formula is C23H31N3O6S2. The minimum atomic E-state index is -4.13. The summed E-state index contributed by atoms with van der Waals surface area (Å²) in [5.41, 5.74) is 1.38. The molecular weight excluding hydrogens is 478 g/mol. The molecule has 2 aromatic carbocycles. The van der Waals surface area contributed by atoms with Crippen LogP contribution in [0.1, 0.15) is 19.8 Å². The molecule has 2 aliphatic rings. The molecule has 1 saturated carbocycles. The maximum Gasteiger partial charge on any atom is 0.242 e. The summed E-state index contributed by atoms with van der Waals surface area (Å²) in [4.78, 5) is 1.94. The summed E-state index contributed by atoms with van der Waals surface area (Å²) in [7, 11) is -5.10. The van der Waals surface area contributed by atoms with E-state index in [9.17, 15) is 27.0 Å². The topological polar surface area (TPSA) is 141 Å². The van der Waals surface area contributed by atoms with Crippen molar-refractivity contribution in [3.05, 3.63) is 42.5 Å². The molecule has 1 saturated heterocycles. The van der Waals surface area contributed by atoms with Crippen LogP contribution in [0.3, 0.4) is 0 Å². The van der Waals surface area contributed by atoms with E-state index in [1.165, 1.54) is 32.3 Å². The van der Waals surface area contributed by atoms with E-state index >= 15 is 0 Å². The summed E-state index contributed by atoms with van der Waals surface area (Å²) in [6, 6.07) is 11.1. The highest BCUT2D eigenvalue weighted by atomic mass is 32.2. The second-order valence-electron chi connectivity index (χ2n) is 9.66. The first-order valence-electron chi connectivity index (χ1n) is 11.1. The molecule has 0 radical (unpaired) electrons. The summed E-state index contributed by atoms with van der Waals surface area (Å²) in [5.74, 6) is -0.133. The molecule has 34 heavy (non-hydrogen) atoms. The zero-order valence-corrected chi connectivity index (χ0v) is 21.1. The first-order chi connectivity index (χ1) is 15.8. The van der Waals surface area contributed by atoms with Crippen molar-refractivity contribution in [2.75, 3.05) is 32.1 Å². The Morgan fingerprint density at radius 1 is 0.971 bits per heavy atom. The van der Waals surface area contributed by atoms with Crippen LogP contribution < -0.4 is 10.0 Å². The third-order valence-corrected chi connectivity index (χ3v) is 10.0. The Balaban J connectivity index is 1.76. The second-order valence-corrected chi connectivity index (χ2v) is 13.3. The maximum absolute atomic E-state index is 12.8. The molecule has 11 heteroatoms. The largest absolute Gasteiger partial charge is 0.390 e. The number of primary sulfonamides is 1. The van der Waals surface area contributed by atoms with Gasteiger partial charge in [-0.2, -0.15) is 0 Å². The Kier molecular flexibility index (Phi) is 6.33. The second kappa shape index (κ2) is 8.58. The third kappa shape index (κ3) is 4.36. The molecule has 9 nitrogen and oxygen atoms in total. The van der Waals surface area contributed by atoms with Gasteiger partial charge in [0.25, 0.3) is 0 Å². The number of hydrogen-bond donors (Lipinski definition) is 3. The normalized spacial score (nSPS) is 24.9. The summed E-state index contributed by atoms with van der Waals surface area (Å²) < 4.78 is 51.4. The van der Waals surface area contributed by atoms with Gasteiger partial charge >= 0.3 is 0 Å². The minimum Gasteiger partial charge on any atom is -0.390 e. The Bertz CT molecular complexity index is 1290. The third-order valence-electron chi connectivity index (χ3n) is 7.23. The number of para-hydroxylation sites is 1. The lowest BCUT2D eigenvalue weighted by Gasteiger charge is -2.41. The number of aliphatic hydroxyl groups excluding tert-OH is 2. The zero-order valence-electron chi connectivity index (χ0n) is 19.4. The highest BCUT2D eigenvalue weighted by Crippen LogP contribution is 2.52. The van der Waals surface area contributed by atoms with Gasteiger partial charge in [0.1, 0.15) is 0 Å². The van der Waals surface area contributed by atoms with Crippen LogP contribution in [0, 0.1) is 11.3 Å². The molecule has 2 aromatic rings. The van der Waals surface area contributed by atoms with Crippen molar-refractivity contribution in [2.45, 2.75) is 41.8 Å². The lowest BCUT2D eigenvalue weighted by molar-refractivity contribution is 0.147. The average Bonchev–Trinajstić information content (AvgIpc) is 3.39. The lowest BCUT2D eigenvalue weighted by atomic mass is 9.75. The van der Waals surface area contributed by atoms with Crippen LogP contribution in [0.2, 0.25) is 0 Å². The number of anilines is 1. The van der Waals surface area contributed by atoms with Crippen molar-refractivity contribution in [1.82, 2.24) is 4.31 Å². The van der Waals surface area contributed by atoms with Crippen molar-refractivity contribution in [3.8, 4) is 11.1 Å². The molecule has 2 unspecified atom stereocenters. The van der Waals surface area contributed by atoms with E-state index in [0.717, 1.165) is 22.8 Å². The molecule has 4 N–H and O–H groups in total. The van der Waals surface area contributed by atoms with Gasteiger partial charge in [0.2, 0.25) is 20.0 Å². The number of benzene rings is 2. The fraction of sp³-hybridized carbons (Fsp3) is 0.478. The summed E-state index contributed by atoms with van der Waals surface area (Å²) >= 11 is 0. The van der Waals surface area contributed by atoms with Gasteiger partial charge in [0.05, 0.1) is 22.0 Å². The highest BCUT2D eigenvalue weighted by Gasteiger charge is 2.58. The van der Waals surface area contributed by atoms with Crippen LogP contribution in [0.25, 0.3) is 11.1 Å². The average molecular weight is 510 g/mol. The summed E-state index contributed by atoms with van der Waals surface area (Å²) in [6.45, 7) is 3.36. The van der Waals surface area contributed by atoms with Crippen LogP contribution in [-0.4, -0.2) is 70.7 Å². The number of aliphatic hydroxyl groups is 2. The van der Waals surface area contributed by atoms with E-state index in [1.807, 2.05) is 12.1 Å². The molecule has 2 fully saturated rings. The number of rotatable bonds is 6. The first-order valence-corrected chi connectivity index (χ1v) is 14.1. The van der Waals surface area contributed by atoms with Gasteiger partial charge < -0.3 is 15.1 Å². The van der Waals surface area contributed by atoms with Gasteiger partial charge in [-0.3, -0.25) is 0 Å². The van der Waals surface area contributed by atoms with Gasteiger partial charge in [-0.15, -0.1) is 0 Å². The Morgan fingerprint density at radius 3 is 2.09 bits per heavy atom. The van der Waals surface area contributed by atoms with Crippen molar-refractivity contribution in [3.63, 3.8) is 0 Å². The van der Waals surface area contributed by atoms with E-state index in [2.05, 4.69) is 11.8 Å². The molecule has 1 heterocycles. The van der Waals surface area contributed by atoms with E-state index < -0.39 is 32.3 Å². The van der Waals surface area contributed by atoms with E-state index in [4.69, 9.17) is 5.14 Å². The Labute approximate surface area is 200 Å². The van der Waals surface area contributed by atoms with Crippen LogP contribution in [0.15, 0.2) is 52.3 Å². The predicted molar refractivity (Wildman–Crippen MR) is 129 cm³/mol. The maximum atomic E-state index is 12.8. The SMILES string of the molecule is CN(C)S(=O)(=O)c1ccc(S(N)(=O)=O)c(-c2ccccc2N2CCC(C)(C3C(O)C3O)CC2)c1. The Hall–Kier alpha value is -2.02. The molecule has 0 spiro atoms. The molecule has 4 rings (SSSR count). The monoisotopic (exact) mass is 509 g/mol. The molecule has 0 aromatic heterocycles. The van der Waals surface area contributed by atoms with E-state index in [0.29, 0.717) is 18.7 Å². The van der Waals surface area contributed by atoms with Gasteiger partial charge in [0, 0.05) is 49.9 Å². The van der Waals surface area contributed by atoms with Crippen molar-refractivity contribution in [1.29, 1.82) is 0 Å². The van der Waals surface area contributed by atoms with Gasteiger partial charge in [-0.05, 0) is 42.5 Å². The first kappa shape index (κ1) is 25.1. The van der Waals surface area contributed by atoms with Crippen molar-refractivity contribution in [2.24, 2.45) is 16.5 Å². The number of nitrogens with two attached hydrogens (primary N) is 1. The van der Waals surface area contributed by atoms with Crippen molar-refractivity contribution >= 4 is 25.7 Å². The number of hydrogen-bond acceptors (Lipinski definition) is 7. The Morgan fingerprint density at radius 2 is 1.56 bits per heavy atom. The summed E-state index contributed by atoms with van der Waals surface area (Å²) in [6.07, 6.45) is 0.138. The zero-order chi connectivity index (χ0) is 25.1. The van der Waals surface area contributed by atoms with E-state index in [1.54, 1.807) is 12.1 Å². The number of sulfonamides is 2.